The number of fused-ring (bicyclic) bond motifs is 4. The smallest absolute Gasteiger partial charge is 0.202 e. The van der Waals surface area contributed by atoms with Crippen LogP contribution in [0.25, 0.3) is 43.1 Å². The van der Waals surface area contributed by atoms with Gasteiger partial charge < -0.3 is 10.2 Å². The van der Waals surface area contributed by atoms with Crippen LogP contribution in [0.1, 0.15) is 32.6 Å². The molecule has 2 N–H and O–H groups in total. The van der Waals surface area contributed by atoms with Crippen LogP contribution in [0.4, 0.5) is 0 Å². The van der Waals surface area contributed by atoms with Crippen LogP contribution in [-0.4, -0.2) is 14.8 Å². The summed E-state index contributed by atoms with van der Waals surface area (Å²) in [6, 6.07) is 15.7. The lowest BCUT2D eigenvalue weighted by Crippen LogP contribution is -2.03. The van der Waals surface area contributed by atoms with Gasteiger partial charge in [-0.05, 0) is 17.2 Å². The molecule has 0 aliphatic carbocycles. The zero-order valence-electron chi connectivity index (χ0n) is 17.3. The summed E-state index contributed by atoms with van der Waals surface area (Å²) in [5, 5.41) is 29.3. The van der Waals surface area contributed by atoms with Gasteiger partial charge in [-0.3, -0.25) is 4.57 Å². The molecule has 0 aliphatic heterocycles. The summed E-state index contributed by atoms with van der Waals surface area (Å²) in [6.45, 7) is 2.72. The van der Waals surface area contributed by atoms with E-state index < -0.39 is 0 Å². The minimum atomic E-state index is 0.0716. The average molecular weight is 446 g/mol. The standard InChI is InChI=1S/C26H23NO2S2/c1-2-3-4-9-14-27-25(28)19-15-10-5-7-12-17(15)23(30)22-21(19)20(26(27)29)16-11-6-8-13-18(16)24(22)31/h5-8,10-13,28-29H,2-4,9,14H2,1H3. The first-order valence-electron chi connectivity index (χ1n) is 10.7. The molecular weight excluding hydrogens is 422 g/mol. The molecule has 0 bridgehead atoms. The highest BCUT2D eigenvalue weighted by Crippen LogP contribution is 2.47. The van der Waals surface area contributed by atoms with Crippen molar-refractivity contribution < 1.29 is 10.2 Å². The van der Waals surface area contributed by atoms with Gasteiger partial charge >= 0.3 is 0 Å². The van der Waals surface area contributed by atoms with Crippen LogP contribution in [0.15, 0.2) is 48.5 Å². The van der Waals surface area contributed by atoms with Gasteiger partial charge in [0.1, 0.15) is 0 Å². The van der Waals surface area contributed by atoms with Gasteiger partial charge in [0.15, 0.2) is 0 Å². The summed E-state index contributed by atoms with van der Waals surface area (Å²) >= 11 is 11.8. The molecule has 0 saturated carbocycles. The van der Waals surface area contributed by atoms with Gasteiger partial charge in [-0.25, -0.2) is 0 Å². The molecule has 0 aliphatic rings. The molecule has 0 unspecified atom stereocenters. The minimum absolute atomic E-state index is 0.0716. The summed E-state index contributed by atoms with van der Waals surface area (Å²) in [4.78, 5) is 0. The lowest BCUT2D eigenvalue weighted by Gasteiger charge is -2.20. The maximum Gasteiger partial charge on any atom is 0.202 e. The second-order valence-corrected chi connectivity index (χ2v) is 8.93. The summed E-state index contributed by atoms with van der Waals surface area (Å²) < 4.78 is 2.99. The Hall–Kier alpha value is -2.76. The summed E-state index contributed by atoms with van der Waals surface area (Å²) in [5.74, 6) is 0.143. The fourth-order valence-electron chi connectivity index (χ4n) is 4.79. The first-order valence-corrected chi connectivity index (χ1v) is 11.5. The number of aromatic nitrogens is 1. The Morgan fingerprint density at radius 2 is 1.13 bits per heavy atom. The number of rotatable bonds is 5. The molecule has 0 atom stereocenters. The van der Waals surface area contributed by atoms with E-state index in [0.717, 1.165) is 58.0 Å². The molecule has 0 amide bonds. The number of aromatic hydroxyl groups is 2. The number of hydrogen-bond acceptors (Lipinski definition) is 4. The van der Waals surface area contributed by atoms with E-state index in [4.69, 9.17) is 24.4 Å². The lowest BCUT2D eigenvalue weighted by molar-refractivity contribution is 0.359. The Bertz CT molecular complexity index is 1480. The molecule has 0 saturated heterocycles. The lowest BCUT2D eigenvalue weighted by atomic mass is 9.92. The predicted octanol–water partition coefficient (Wildman–Crippen LogP) is 7.99. The first kappa shape index (κ1) is 20.2. The van der Waals surface area contributed by atoms with Crippen molar-refractivity contribution in [2.45, 2.75) is 39.2 Å². The molecule has 156 valence electrons. The van der Waals surface area contributed by atoms with E-state index in [-0.39, 0.29) is 11.8 Å². The Morgan fingerprint density at radius 3 is 1.61 bits per heavy atom. The summed E-state index contributed by atoms with van der Waals surface area (Å²) in [5.41, 5.74) is 0. The Labute approximate surface area is 190 Å². The maximum atomic E-state index is 11.4. The molecular formula is C26H23NO2S2. The van der Waals surface area contributed by atoms with E-state index in [1.807, 2.05) is 48.5 Å². The van der Waals surface area contributed by atoms with Crippen molar-refractivity contribution in [2.75, 3.05) is 0 Å². The van der Waals surface area contributed by atoms with Gasteiger partial charge in [0, 0.05) is 28.1 Å². The molecule has 0 fully saturated rings. The van der Waals surface area contributed by atoms with Crippen molar-refractivity contribution in [3.05, 3.63) is 57.6 Å². The largest absolute Gasteiger partial charge is 0.494 e. The van der Waals surface area contributed by atoms with Gasteiger partial charge in [-0.2, -0.15) is 0 Å². The van der Waals surface area contributed by atoms with Crippen LogP contribution in [0, 0.1) is 9.02 Å². The molecule has 4 aromatic carbocycles. The summed E-state index contributed by atoms with van der Waals surface area (Å²) in [6.07, 6.45) is 4.19. The SMILES string of the molecule is CCCCCCn1c(O)c2c3ccccc3c(=S)c3c(=S)c4ccccc4c(c1O)c32. The van der Waals surface area contributed by atoms with Crippen molar-refractivity contribution in [1.29, 1.82) is 0 Å². The monoisotopic (exact) mass is 445 g/mol. The molecule has 5 rings (SSSR count). The molecule has 0 radical (unpaired) electrons. The van der Waals surface area contributed by atoms with Gasteiger partial charge in [-0.1, -0.05) is 99.2 Å². The highest BCUT2D eigenvalue weighted by Gasteiger charge is 2.23. The third-order valence-corrected chi connectivity index (χ3v) is 7.13. The quantitative estimate of drug-likeness (QED) is 0.125. The van der Waals surface area contributed by atoms with Crippen molar-refractivity contribution in [1.82, 2.24) is 4.57 Å². The zero-order chi connectivity index (χ0) is 21.7. The van der Waals surface area contributed by atoms with Gasteiger partial charge in [0.2, 0.25) is 11.8 Å². The van der Waals surface area contributed by atoms with Crippen molar-refractivity contribution >= 4 is 67.5 Å². The van der Waals surface area contributed by atoms with Crippen LogP contribution >= 0.6 is 24.4 Å². The average Bonchev–Trinajstić information content (AvgIpc) is 2.78. The summed E-state index contributed by atoms with van der Waals surface area (Å²) in [7, 11) is 0. The minimum Gasteiger partial charge on any atom is -0.494 e. The highest BCUT2D eigenvalue weighted by atomic mass is 32.1. The van der Waals surface area contributed by atoms with Gasteiger partial charge in [0.05, 0.1) is 19.8 Å². The second kappa shape index (κ2) is 7.74. The van der Waals surface area contributed by atoms with Crippen LogP contribution in [0.5, 0.6) is 11.8 Å². The van der Waals surface area contributed by atoms with E-state index >= 15 is 0 Å². The molecule has 0 spiro atoms. The third kappa shape index (κ3) is 2.91. The van der Waals surface area contributed by atoms with Crippen LogP contribution in [0.3, 0.4) is 0 Å². The zero-order valence-corrected chi connectivity index (χ0v) is 18.9. The number of benzene rings is 4. The van der Waals surface area contributed by atoms with E-state index in [2.05, 4.69) is 6.92 Å². The van der Waals surface area contributed by atoms with Gasteiger partial charge in [0.25, 0.3) is 0 Å². The van der Waals surface area contributed by atoms with Gasteiger partial charge in [-0.15, -0.1) is 0 Å². The van der Waals surface area contributed by atoms with Crippen molar-refractivity contribution in [3.63, 3.8) is 0 Å². The molecule has 1 heterocycles. The van der Waals surface area contributed by atoms with Crippen molar-refractivity contribution in [3.8, 4) is 11.8 Å². The molecule has 3 nitrogen and oxygen atoms in total. The topological polar surface area (TPSA) is 45.4 Å². The normalized spacial score (nSPS) is 11.9. The molecule has 5 heteroatoms. The molecule has 31 heavy (non-hydrogen) atoms. The highest BCUT2D eigenvalue weighted by molar-refractivity contribution is 7.72. The Morgan fingerprint density at radius 1 is 0.645 bits per heavy atom. The number of nitrogens with zero attached hydrogens (tertiary/aromatic N) is 1. The Kier molecular flexibility index (Phi) is 5.03. The van der Waals surface area contributed by atoms with E-state index in [1.165, 1.54) is 0 Å². The molecule has 1 aromatic heterocycles. The van der Waals surface area contributed by atoms with E-state index in [1.54, 1.807) is 4.57 Å². The van der Waals surface area contributed by atoms with Crippen LogP contribution < -0.4 is 0 Å². The molecule has 5 aromatic rings. The first-order chi connectivity index (χ1) is 15.1. The maximum absolute atomic E-state index is 11.4. The van der Waals surface area contributed by atoms with Crippen LogP contribution in [-0.2, 0) is 6.54 Å². The van der Waals surface area contributed by atoms with E-state index in [0.29, 0.717) is 26.3 Å². The number of hydrogen-bond donors (Lipinski definition) is 2. The Balaban J connectivity index is 2.05. The predicted molar refractivity (Wildman–Crippen MR) is 135 cm³/mol. The fourth-order valence-corrected chi connectivity index (χ4v) is 5.61. The number of pyridine rings is 1. The fraction of sp³-hybridized carbons (Fsp3) is 0.231. The van der Waals surface area contributed by atoms with Crippen LogP contribution in [0.2, 0.25) is 0 Å². The van der Waals surface area contributed by atoms with E-state index in [9.17, 15) is 10.2 Å². The second-order valence-electron chi connectivity index (χ2n) is 8.11. The third-order valence-electron chi connectivity index (χ3n) is 6.28. The number of unbranched alkanes of at least 4 members (excludes halogenated alkanes) is 3. The van der Waals surface area contributed by atoms with Crippen molar-refractivity contribution in [2.24, 2.45) is 0 Å².